The average Bonchev–Trinajstić information content (AvgIpc) is 2.64. The van der Waals surface area contributed by atoms with Crippen LogP contribution in [-0.4, -0.2) is 48.4 Å². The fourth-order valence-corrected chi connectivity index (χ4v) is 3.38. The van der Waals surface area contributed by atoms with Crippen molar-refractivity contribution in [1.29, 1.82) is 0 Å². The molecule has 3 rings (SSSR count). The number of para-hydroxylation sites is 1. The molecule has 0 N–H and O–H groups in total. The van der Waals surface area contributed by atoms with Crippen LogP contribution in [-0.2, 0) is 0 Å². The summed E-state index contributed by atoms with van der Waals surface area (Å²) in [7, 11) is 0. The summed E-state index contributed by atoms with van der Waals surface area (Å²) in [5, 5.41) is 0. The van der Waals surface area contributed by atoms with Crippen molar-refractivity contribution in [3.63, 3.8) is 0 Å². The zero-order valence-corrected chi connectivity index (χ0v) is 15.0. The Morgan fingerprint density at radius 1 is 0.917 bits per heavy atom. The first kappa shape index (κ1) is 17.3. The number of rotatable bonds is 6. The van der Waals surface area contributed by atoms with E-state index in [0.717, 1.165) is 50.1 Å². The predicted octanol–water partition coefficient (Wildman–Crippen LogP) is 4.40. The second kappa shape index (κ2) is 8.52. The number of hydrogen-bond donors (Lipinski definition) is 0. The highest BCUT2D eigenvalue weighted by Crippen LogP contribution is 2.26. The minimum Gasteiger partial charge on any atom is -0.457 e. The Bertz CT molecular complexity index is 609. The highest BCUT2D eigenvalue weighted by molar-refractivity contribution is 6.18. The third kappa shape index (κ3) is 4.50. The van der Waals surface area contributed by atoms with Gasteiger partial charge in [-0.2, -0.15) is 0 Å². The molecule has 128 valence electrons. The van der Waals surface area contributed by atoms with Crippen LogP contribution in [0.15, 0.2) is 54.6 Å². The quantitative estimate of drug-likeness (QED) is 0.722. The van der Waals surface area contributed by atoms with Crippen LogP contribution in [0.4, 0.5) is 0 Å². The molecule has 1 fully saturated rings. The van der Waals surface area contributed by atoms with Gasteiger partial charge < -0.3 is 4.74 Å². The van der Waals surface area contributed by atoms with Gasteiger partial charge in [-0.25, -0.2) is 0 Å². The van der Waals surface area contributed by atoms with Crippen molar-refractivity contribution in [1.82, 2.24) is 9.80 Å². The molecule has 1 aliphatic rings. The summed E-state index contributed by atoms with van der Waals surface area (Å²) in [6, 6.07) is 18.8. The zero-order valence-electron chi connectivity index (χ0n) is 14.2. The smallest absolute Gasteiger partial charge is 0.127 e. The molecule has 0 aliphatic carbocycles. The largest absolute Gasteiger partial charge is 0.457 e. The van der Waals surface area contributed by atoms with E-state index in [-0.39, 0.29) is 0 Å². The Kier molecular flexibility index (Phi) is 6.13. The molecular formula is C20H25ClN2O. The van der Waals surface area contributed by atoms with Crippen LogP contribution in [0.1, 0.15) is 18.5 Å². The first-order valence-electron chi connectivity index (χ1n) is 8.61. The van der Waals surface area contributed by atoms with Gasteiger partial charge >= 0.3 is 0 Å². The number of ether oxygens (including phenoxy) is 1. The third-order valence-corrected chi connectivity index (χ3v) is 4.87. The first-order valence-corrected chi connectivity index (χ1v) is 9.15. The summed E-state index contributed by atoms with van der Waals surface area (Å²) in [6.45, 7) is 7.68. The van der Waals surface area contributed by atoms with Crippen LogP contribution in [0.2, 0.25) is 0 Å². The van der Waals surface area contributed by atoms with Gasteiger partial charge in [0.25, 0.3) is 0 Å². The number of benzene rings is 2. The standard InChI is InChI=1S/C20H25ClN2O/c1-17(23-15-13-22(12-11-21)14-16-23)18-7-9-20(10-8-18)24-19-5-3-2-4-6-19/h2-10,17H,11-16H2,1H3. The van der Waals surface area contributed by atoms with Crippen LogP contribution < -0.4 is 4.74 Å². The molecule has 1 aliphatic heterocycles. The fraction of sp³-hybridized carbons (Fsp3) is 0.400. The van der Waals surface area contributed by atoms with Gasteiger partial charge in [0.2, 0.25) is 0 Å². The van der Waals surface area contributed by atoms with E-state index in [9.17, 15) is 0 Å². The van der Waals surface area contributed by atoms with Crippen molar-refractivity contribution >= 4 is 11.6 Å². The van der Waals surface area contributed by atoms with Crippen LogP contribution in [0.5, 0.6) is 11.5 Å². The van der Waals surface area contributed by atoms with E-state index >= 15 is 0 Å². The van der Waals surface area contributed by atoms with E-state index < -0.39 is 0 Å². The Hall–Kier alpha value is -1.55. The lowest BCUT2D eigenvalue weighted by molar-refractivity contribution is 0.106. The van der Waals surface area contributed by atoms with Crippen molar-refractivity contribution in [2.75, 3.05) is 38.6 Å². The predicted molar refractivity (Wildman–Crippen MR) is 100 cm³/mol. The van der Waals surface area contributed by atoms with Crippen molar-refractivity contribution in [2.45, 2.75) is 13.0 Å². The second-order valence-electron chi connectivity index (χ2n) is 6.23. The molecule has 1 atom stereocenters. The van der Waals surface area contributed by atoms with Gasteiger partial charge in [-0.1, -0.05) is 30.3 Å². The average molecular weight is 345 g/mol. The van der Waals surface area contributed by atoms with Crippen molar-refractivity contribution in [3.8, 4) is 11.5 Å². The summed E-state index contributed by atoms with van der Waals surface area (Å²) in [5.74, 6) is 2.47. The molecule has 0 radical (unpaired) electrons. The number of piperazine rings is 1. The Morgan fingerprint density at radius 2 is 1.54 bits per heavy atom. The molecule has 2 aromatic carbocycles. The van der Waals surface area contributed by atoms with E-state index in [1.807, 2.05) is 30.3 Å². The van der Waals surface area contributed by atoms with Gasteiger partial charge in [-0.3, -0.25) is 9.80 Å². The summed E-state index contributed by atoms with van der Waals surface area (Å²) >= 11 is 5.84. The zero-order chi connectivity index (χ0) is 16.8. The van der Waals surface area contributed by atoms with Crippen molar-refractivity contribution < 1.29 is 4.74 Å². The maximum Gasteiger partial charge on any atom is 0.127 e. The minimum absolute atomic E-state index is 0.425. The highest BCUT2D eigenvalue weighted by atomic mass is 35.5. The van der Waals surface area contributed by atoms with E-state index in [0.29, 0.717) is 6.04 Å². The topological polar surface area (TPSA) is 15.7 Å². The van der Waals surface area contributed by atoms with Gasteiger partial charge in [-0.05, 0) is 36.8 Å². The lowest BCUT2D eigenvalue weighted by atomic mass is 10.1. The summed E-state index contributed by atoms with van der Waals surface area (Å²) < 4.78 is 5.87. The maximum absolute atomic E-state index is 5.87. The third-order valence-electron chi connectivity index (χ3n) is 4.70. The molecule has 1 unspecified atom stereocenters. The lowest BCUT2D eigenvalue weighted by Gasteiger charge is -2.38. The molecule has 2 aromatic rings. The van der Waals surface area contributed by atoms with Gasteiger partial charge in [0.1, 0.15) is 11.5 Å². The molecule has 0 saturated carbocycles. The van der Waals surface area contributed by atoms with Gasteiger partial charge in [0, 0.05) is 44.6 Å². The fourth-order valence-electron chi connectivity index (χ4n) is 3.14. The molecule has 1 saturated heterocycles. The molecule has 0 amide bonds. The molecule has 0 aromatic heterocycles. The minimum atomic E-state index is 0.425. The Labute approximate surface area is 149 Å². The van der Waals surface area contributed by atoms with Gasteiger partial charge in [-0.15, -0.1) is 11.6 Å². The van der Waals surface area contributed by atoms with Crippen molar-refractivity contribution in [3.05, 3.63) is 60.2 Å². The molecular weight excluding hydrogens is 320 g/mol. The maximum atomic E-state index is 5.87. The number of nitrogens with zero attached hydrogens (tertiary/aromatic N) is 2. The number of alkyl halides is 1. The number of halogens is 1. The van der Waals surface area contributed by atoms with E-state index in [4.69, 9.17) is 16.3 Å². The Morgan fingerprint density at radius 3 is 2.17 bits per heavy atom. The van der Waals surface area contributed by atoms with Gasteiger partial charge in [0.05, 0.1) is 0 Å². The van der Waals surface area contributed by atoms with Crippen LogP contribution in [0.25, 0.3) is 0 Å². The normalized spacial score (nSPS) is 17.6. The van der Waals surface area contributed by atoms with E-state index in [1.54, 1.807) is 0 Å². The van der Waals surface area contributed by atoms with Crippen molar-refractivity contribution in [2.24, 2.45) is 0 Å². The first-order chi connectivity index (χ1) is 11.8. The monoisotopic (exact) mass is 344 g/mol. The molecule has 0 bridgehead atoms. The lowest BCUT2D eigenvalue weighted by Crippen LogP contribution is -2.47. The summed E-state index contributed by atoms with van der Waals surface area (Å²) in [6.07, 6.45) is 0. The second-order valence-corrected chi connectivity index (χ2v) is 6.60. The molecule has 3 nitrogen and oxygen atoms in total. The highest BCUT2D eigenvalue weighted by Gasteiger charge is 2.21. The molecule has 4 heteroatoms. The van der Waals surface area contributed by atoms with E-state index in [2.05, 4.69) is 41.0 Å². The SMILES string of the molecule is CC(c1ccc(Oc2ccccc2)cc1)N1CCN(CCCl)CC1. The van der Waals surface area contributed by atoms with Crippen LogP contribution in [0, 0.1) is 0 Å². The molecule has 1 heterocycles. The van der Waals surface area contributed by atoms with Crippen LogP contribution in [0.3, 0.4) is 0 Å². The van der Waals surface area contributed by atoms with Crippen LogP contribution >= 0.6 is 11.6 Å². The van der Waals surface area contributed by atoms with E-state index in [1.165, 1.54) is 5.56 Å². The number of hydrogen-bond acceptors (Lipinski definition) is 3. The Balaban J connectivity index is 1.57. The molecule has 24 heavy (non-hydrogen) atoms. The van der Waals surface area contributed by atoms with Gasteiger partial charge in [0.15, 0.2) is 0 Å². The summed E-state index contributed by atoms with van der Waals surface area (Å²) in [5.41, 5.74) is 1.33. The molecule has 0 spiro atoms. The summed E-state index contributed by atoms with van der Waals surface area (Å²) in [4.78, 5) is 4.98.